The van der Waals surface area contributed by atoms with Crippen LogP contribution in [0, 0.1) is 13.8 Å². The molecular formula is C33H19NO4S3. The van der Waals surface area contributed by atoms with Crippen molar-refractivity contribution in [1.29, 1.82) is 0 Å². The molecule has 2 aliphatic carbocycles. The highest BCUT2D eigenvalue weighted by Gasteiger charge is 2.34. The summed E-state index contributed by atoms with van der Waals surface area (Å²) in [5.41, 5.74) is 4.11. The highest BCUT2D eigenvalue weighted by molar-refractivity contribution is 7.26. The number of thiophene rings is 2. The number of aromatic nitrogens is 1. The molecule has 0 aliphatic heterocycles. The molecule has 8 heteroatoms. The molecule has 0 unspecified atom stereocenters. The van der Waals surface area contributed by atoms with Crippen LogP contribution in [0.5, 0.6) is 0 Å². The van der Waals surface area contributed by atoms with Crippen molar-refractivity contribution in [3.63, 3.8) is 0 Å². The normalized spacial score (nSPS) is 14.2. The predicted molar refractivity (Wildman–Crippen MR) is 164 cm³/mol. The first kappa shape index (κ1) is 25.6. The third-order valence-corrected chi connectivity index (χ3v) is 10.9. The number of Topliss-reactive ketones (excluding diaryl/α,β-unsaturated/α-hetero) is 4. The molecule has 0 fully saturated rings. The number of thiazole rings is 1. The molecule has 0 bridgehead atoms. The Hall–Kier alpha value is -4.37. The molecule has 2 aromatic carbocycles. The molecule has 3 heterocycles. The summed E-state index contributed by atoms with van der Waals surface area (Å²) >= 11 is 4.59. The maximum atomic E-state index is 12.8. The van der Waals surface area contributed by atoms with E-state index in [2.05, 4.69) is 0 Å². The van der Waals surface area contributed by atoms with Crippen LogP contribution in [0.15, 0.2) is 77.9 Å². The van der Waals surface area contributed by atoms with Gasteiger partial charge in [-0.2, -0.15) is 0 Å². The minimum atomic E-state index is -0.237. The summed E-state index contributed by atoms with van der Waals surface area (Å²) in [6.07, 6.45) is 3.37. The summed E-state index contributed by atoms with van der Waals surface area (Å²) in [5.74, 6) is -0.945. The van der Waals surface area contributed by atoms with Crippen LogP contribution in [-0.2, 0) is 0 Å². The van der Waals surface area contributed by atoms with Crippen molar-refractivity contribution in [3.05, 3.63) is 121 Å². The number of rotatable bonds is 4. The number of carbonyl (C=O) groups excluding carboxylic acids is 4. The molecule has 0 amide bonds. The quantitative estimate of drug-likeness (QED) is 0.156. The fourth-order valence-electron chi connectivity index (χ4n) is 5.16. The Morgan fingerprint density at radius 1 is 0.585 bits per heavy atom. The Bertz CT molecular complexity index is 1980. The second-order valence-electron chi connectivity index (χ2n) is 9.82. The van der Waals surface area contributed by atoms with Crippen molar-refractivity contribution in [2.24, 2.45) is 0 Å². The van der Waals surface area contributed by atoms with E-state index in [1.807, 2.05) is 32.0 Å². The van der Waals surface area contributed by atoms with Crippen LogP contribution >= 0.6 is 34.0 Å². The van der Waals surface area contributed by atoms with Crippen molar-refractivity contribution < 1.29 is 19.2 Å². The van der Waals surface area contributed by atoms with Crippen molar-refractivity contribution >= 4 is 69.3 Å². The molecule has 0 saturated heterocycles. The topological polar surface area (TPSA) is 81.2 Å². The summed E-state index contributed by atoms with van der Waals surface area (Å²) in [7, 11) is 0. The number of fused-ring (bicyclic) bond motifs is 2. The Morgan fingerprint density at radius 3 is 1.63 bits per heavy atom. The van der Waals surface area contributed by atoms with E-state index < -0.39 is 0 Å². The summed E-state index contributed by atoms with van der Waals surface area (Å²) in [5, 5.41) is 0.863. The Balaban J connectivity index is 1.17. The Kier molecular flexibility index (Phi) is 6.01. The number of benzene rings is 2. The molecule has 0 atom stereocenters. The van der Waals surface area contributed by atoms with Gasteiger partial charge in [-0.05, 0) is 49.8 Å². The standard InChI is InChI=1S/C33H19NO4S3/c1-16-13-19(15-25-29(37)22-9-5-6-10-23(22)30(25)38)40-31(16)33-34-17(2)32(41-33)26-12-11-18(39-26)14-24-27(35)20-7-3-4-8-21(20)28(24)36/h3-15H,1-2H3. The summed E-state index contributed by atoms with van der Waals surface area (Å²) in [4.78, 5) is 60.8. The molecule has 0 saturated carbocycles. The Morgan fingerprint density at radius 2 is 1.10 bits per heavy atom. The average molecular weight is 590 g/mol. The van der Waals surface area contributed by atoms with E-state index in [9.17, 15) is 19.2 Å². The molecule has 0 spiro atoms. The number of ketones is 4. The van der Waals surface area contributed by atoms with Gasteiger partial charge in [0.15, 0.2) is 23.1 Å². The average Bonchev–Trinajstić information content (AvgIpc) is 3.77. The molecule has 7 rings (SSSR count). The predicted octanol–water partition coefficient (Wildman–Crippen LogP) is 8.14. The van der Waals surface area contributed by atoms with E-state index in [-0.39, 0.29) is 34.3 Å². The van der Waals surface area contributed by atoms with Gasteiger partial charge in [-0.25, -0.2) is 4.98 Å². The maximum Gasteiger partial charge on any atom is 0.197 e. The van der Waals surface area contributed by atoms with Gasteiger partial charge in [-0.1, -0.05) is 48.5 Å². The zero-order valence-electron chi connectivity index (χ0n) is 21.8. The van der Waals surface area contributed by atoms with Crippen LogP contribution in [-0.4, -0.2) is 28.1 Å². The van der Waals surface area contributed by atoms with Crippen molar-refractivity contribution in [1.82, 2.24) is 4.98 Å². The summed E-state index contributed by atoms with van der Waals surface area (Å²) in [6.45, 7) is 3.97. The second-order valence-corrected chi connectivity index (χ2v) is 13.0. The lowest BCUT2D eigenvalue weighted by Gasteiger charge is -1.93. The van der Waals surface area contributed by atoms with Crippen LogP contribution in [0.3, 0.4) is 0 Å². The van der Waals surface area contributed by atoms with Gasteiger partial charge in [0.2, 0.25) is 0 Å². The summed E-state index contributed by atoms with van der Waals surface area (Å²) < 4.78 is 0. The van der Waals surface area contributed by atoms with Crippen LogP contribution in [0.2, 0.25) is 0 Å². The molecule has 2 aliphatic rings. The lowest BCUT2D eigenvalue weighted by atomic mass is 10.1. The van der Waals surface area contributed by atoms with E-state index >= 15 is 0 Å². The molecule has 3 aromatic heterocycles. The smallest absolute Gasteiger partial charge is 0.197 e. The van der Waals surface area contributed by atoms with E-state index in [0.717, 1.165) is 40.7 Å². The molecular weight excluding hydrogens is 571 g/mol. The fraction of sp³-hybridized carbons (Fsp3) is 0.0606. The van der Waals surface area contributed by atoms with Gasteiger partial charge in [0.1, 0.15) is 5.01 Å². The first-order chi connectivity index (χ1) is 19.8. The molecule has 198 valence electrons. The third-order valence-electron chi connectivity index (χ3n) is 7.16. The first-order valence-electron chi connectivity index (χ1n) is 12.8. The van der Waals surface area contributed by atoms with Gasteiger partial charge in [-0.3, -0.25) is 19.2 Å². The molecule has 5 aromatic rings. The Labute approximate surface area is 247 Å². The van der Waals surface area contributed by atoms with E-state index in [0.29, 0.717) is 22.3 Å². The lowest BCUT2D eigenvalue weighted by Crippen LogP contribution is -1.99. The number of carbonyl (C=O) groups is 4. The maximum absolute atomic E-state index is 12.8. The SMILES string of the molecule is Cc1cc(C=C2C(=O)c3ccccc3C2=O)sc1-c1nc(C)c(-c2ccc(C=C3C(=O)c4ccccc4C3=O)s2)s1. The van der Waals surface area contributed by atoms with Crippen LogP contribution in [0.4, 0.5) is 0 Å². The van der Waals surface area contributed by atoms with Crippen LogP contribution < -0.4 is 0 Å². The van der Waals surface area contributed by atoms with E-state index in [1.165, 1.54) is 22.7 Å². The van der Waals surface area contributed by atoms with Crippen LogP contribution in [0.25, 0.3) is 31.8 Å². The fourth-order valence-corrected chi connectivity index (χ4v) is 8.59. The zero-order chi connectivity index (χ0) is 28.4. The van der Waals surface area contributed by atoms with Gasteiger partial charge in [0.05, 0.1) is 26.6 Å². The minimum Gasteiger partial charge on any atom is -0.288 e. The van der Waals surface area contributed by atoms with Gasteiger partial charge in [0.25, 0.3) is 0 Å². The molecule has 41 heavy (non-hydrogen) atoms. The lowest BCUT2D eigenvalue weighted by molar-refractivity contribution is 0.0975. The zero-order valence-corrected chi connectivity index (χ0v) is 24.3. The van der Waals surface area contributed by atoms with Gasteiger partial charge in [0, 0.05) is 36.9 Å². The van der Waals surface area contributed by atoms with Crippen LogP contribution in [0.1, 0.15) is 62.4 Å². The molecule has 0 N–H and O–H groups in total. The van der Waals surface area contributed by atoms with Gasteiger partial charge >= 0.3 is 0 Å². The number of hydrogen-bond acceptors (Lipinski definition) is 8. The van der Waals surface area contributed by atoms with Gasteiger partial charge < -0.3 is 0 Å². The minimum absolute atomic E-state index is 0.192. The van der Waals surface area contributed by atoms with E-state index in [1.54, 1.807) is 72.0 Å². The molecule has 5 nitrogen and oxygen atoms in total. The van der Waals surface area contributed by atoms with Crippen molar-refractivity contribution in [2.45, 2.75) is 13.8 Å². The highest BCUT2D eigenvalue weighted by atomic mass is 32.1. The largest absolute Gasteiger partial charge is 0.288 e. The van der Waals surface area contributed by atoms with Crippen molar-refractivity contribution in [3.8, 4) is 19.6 Å². The third kappa shape index (κ3) is 4.14. The van der Waals surface area contributed by atoms with E-state index in [4.69, 9.17) is 4.98 Å². The van der Waals surface area contributed by atoms with Gasteiger partial charge in [-0.15, -0.1) is 34.0 Å². The first-order valence-corrected chi connectivity index (χ1v) is 15.2. The highest BCUT2D eigenvalue weighted by Crippen LogP contribution is 2.43. The molecule has 0 radical (unpaired) electrons. The second kappa shape index (κ2) is 9.62. The van der Waals surface area contributed by atoms with Crippen molar-refractivity contribution in [2.75, 3.05) is 0 Å². The summed E-state index contributed by atoms with van der Waals surface area (Å²) in [6, 6.07) is 19.7. The number of nitrogens with zero attached hydrogens (tertiary/aromatic N) is 1. The monoisotopic (exact) mass is 589 g/mol. The number of allylic oxidation sites excluding steroid dienone is 2. The number of hydrogen-bond donors (Lipinski definition) is 0. The number of aryl methyl sites for hydroxylation is 2.